The quantitative estimate of drug-likeness (QED) is 0.880. The Labute approximate surface area is 82.0 Å². The zero-order valence-corrected chi connectivity index (χ0v) is 8.31. The number of aromatic nitrogens is 1. The lowest BCUT2D eigenvalue weighted by atomic mass is 10.2. The summed E-state index contributed by atoms with van der Waals surface area (Å²) in [6.07, 6.45) is -1.42. The average Bonchev–Trinajstić information content (AvgIpc) is 2.07. The number of ether oxygens (including phenoxy) is 1. The molecule has 1 aromatic rings. The van der Waals surface area contributed by atoms with Crippen LogP contribution in [0.25, 0.3) is 0 Å². The van der Waals surface area contributed by atoms with Crippen LogP contribution < -0.4 is 10.5 Å². The maximum Gasteiger partial charge on any atom is 0.268 e. The van der Waals surface area contributed by atoms with Crippen molar-refractivity contribution in [1.82, 2.24) is 4.98 Å². The van der Waals surface area contributed by atoms with Crippen molar-refractivity contribution in [2.75, 3.05) is 12.8 Å². The lowest BCUT2D eigenvalue weighted by Crippen LogP contribution is -2.01. The van der Waals surface area contributed by atoms with Gasteiger partial charge in [0.05, 0.1) is 12.7 Å². The number of pyridine rings is 1. The van der Waals surface area contributed by atoms with Gasteiger partial charge in [0.2, 0.25) is 0 Å². The molecule has 1 rings (SSSR count). The highest BCUT2D eigenvalue weighted by atomic mass is 79.9. The molecule has 1 aromatic heterocycles. The van der Waals surface area contributed by atoms with Gasteiger partial charge in [-0.2, -0.15) is 0 Å². The van der Waals surface area contributed by atoms with Crippen LogP contribution in [0.15, 0.2) is 10.7 Å². The predicted octanol–water partition coefficient (Wildman–Crippen LogP) is 2.37. The summed E-state index contributed by atoms with van der Waals surface area (Å²) in [5, 5.41) is 0. The van der Waals surface area contributed by atoms with E-state index in [1.54, 1.807) is 0 Å². The van der Waals surface area contributed by atoms with E-state index in [0.29, 0.717) is 0 Å². The van der Waals surface area contributed by atoms with Gasteiger partial charge in [-0.1, -0.05) is 0 Å². The molecule has 0 atom stereocenters. The molecule has 0 amide bonds. The highest BCUT2D eigenvalue weighted by Crippen LogP contribution is 2.37. The zero-order chi connectivity index (χ0) is 10.0. The van der Waals surface area contributed by atoms with E-state index in [1.807, 2.05) is 0 Å². The lowest BCUT2D eigenvalue weighted by molar-refractivity contribution is 0.146. The molecule has 0 radical (unpaired) electrons. The number of nitrogens with two attached hydrogens (primary N) is 1. The Hall–Kier alpha value is -0.910. The number of nitrogen functional groups attached to an aromatic ring is 1. The van der Waals surface area contributed by atoms with Crippen LogP contribution in [-0.4, -0.2) is 12.1 Å². The average molecular weight is 253 g/mol. The summed E-state index contributed by atoms with van der Waals surface area (Å²) in [5.74, 6) is -0.120. The van der Waals surface area contributed by atoms with E-state index in [-0.39, 0.29) is 21.6 Å². The number of halogens is 3. The third-order valence-electron chi connectivity index (χ3n) is 1.47. The predicted molar refractivity (Wildman–Crippen MR) is 47.9 cm³/mol. The fourth-order valence-electron chi connectivity index (χ4n) is 0.919. The largest absolute Gasteiger partial charge is 0.492 e. The zero-order valence-electron chi connectivity index (χ0n) is 6.72. The van der Waals surface area contributed by atoms with Crippen LogP contribution in [0.5, 0.6) is 5.75 Å². The second kappa shape index (κ2) is 3.87. The molecule has 0 aliphatic rings. The minimum Gasteiger partial charge on any atom is -0.492 e. The first-order chi connectivity index (χ1) is 6.07. The molecule has 0 aliphatic carbocycles. The maximum atomic E-state index is 12.5. The van der Waals surface area contributed by atoms with Gasteiger partial charge in [-0.25, -0.2) is 13.8 Å². The molecule has 0 spiro atoms. The van der Waals surface area contributed by atoms with Crippen molar-refractivity contribution in [1.29, 1.82) is 0 Å². The third kappa shape index (κ3) is 1.88. The number of nitrogens with zero attached hydrogens (tertiary/aromatic N) is 1. The summed E-state index contributed by atoms with van der Waals surface area (Å²) in [6, 6.07) is 0. The van der Waals surface area contributed by atoms with Gasteiger partial charge in [0, 0.05) is 10.7 Å². The molecule has 3 nitrogen and oxygen atoms in total. The molecule has 0 saturated heterocycles. The van der Waals surface area contributed by atoms with Crippen LogP contribution in [0.1, 0.15) is 12.0 Å². The van der Waals surface area contributed by atoms with E-state index in [2.05, 4.69) is 20.9 Å². The summed E-state index contributed by atoms with van der Waals surface area (Å²) in [6.45, 7) is 0. The van der Waals surface area contributed by atoms with Gasteiger partial charge < -0.3 is 10.5 Å². The molecule has 1 heterocycles. The Morgan fingerprint density at radius 1 is 1.62 bits per heavy atom. The number of rotatable bonds is 2. The normalized spacial score (nSPS) is 10.5. The van der Waals surface area contributed by atoms with Gasteiger partial charge in [0.1, 0.15) is 0 Å². The van der Waals surface area contributed by atoms with Crippen LogP contribution in [0.4, 0.5) is 14.6 Å². The first-order valence-corrected chi connectivity index (χ1v) is 4.13. The van der Waals surface area contributed by atoms with Gasteiger partial charge in [-0.15, -0.1) is 0 Å². The van der Waals surface area contributed by atoms with Crippen molar-refractivity contribution in [3.8, 4) is 5.75 Å². The number of anilines is 1. The van der Waals surface area contributed by atoms with Crippen molar-refractivity contribution < 1.29 is 13.5 Å². The Morgan fingerprint density at radius 2 is 2.23 bits per heavy atom. The van der Waals surface area contributed by atoms with E-state index in [1.165, 1.54) is 13.3 Å². The summed E-state index contributed by atoms with van der Waals surface area (Å²) in [7, 11) is 1.27. The molecule has 0 bridgehead atoms. The first kappa shape index (κ1) is 10.2. The SMILES string of the molecule is COc1c(N)ncc(Br)c1C(F)F. The highest BCUT2D eigenvalue weighted by molar-refractivity contribution is 9.10. The van der Waals surface area contributed by atoms with E-state index in [0.717, 1.165) is 0 Å². The molecular formula is C7H7BrF2N2O. The minimum atomic E-state index is -2.64. The van der Waals surface area contributed by atoms with Gasteiger partial charge >= 0.3 is 0 Å². The topological polar surface area (TPSA) is 48.1 Å². The van der Waals surface area contributed by atoms with E-state index >= 15 is 0 Å². The Balaban J connectivity index is 3.35. The van der Waals surface area contributed by atoms with Crippen molar-refractivity contribution in [3.63, 3.8) is 0 Å². The van der Waals surface area contributed by atoms with E-state index in [4.69, 9.17) is 10.5 Å². The van der Waals surface area contributed by atoms with Crippen LogP contribution >= 0.6 is 15.9 Å². The van der Waals surface area contributed by atoms with Crippen LogP contribution in [0, 0.1) is 0 Å². The third-order valence-corrected chi connectivity index (χ3v) is 2.11. The van der Waals surface area contributed by atoms with E-state index in [9.17, 15) is 8.78 Å². The summed E-state index contributed by atoms with van der Waals surface area (Å²) in [5.41, 5.74) is 5.08. The molecular weight excluding hydrogens is 246 g/mol. The number of alkyl halides is 2. The minimum absolute atomic E-state index is 0.0407. The molecule has 0 saturated carbocycles. The monoisotopic (exact) mass is 252 g/mol. The van der Waals surface area contributed by atoms with Crippen molar-refractivity contribution in [3.05, 3.63) is 16.2 Å². The van der Waals surface area contributed by atoms with Crippen molar-refractivity contribution in [2.24, 2.45) is 0 Å². The molecule has 0 aromatic carbocycles. The molecule has 2 N–H and O–H groups in total. The summed E-state index contributed by atoms with van der Waals surface area (Å²) >= 11 is 2.94. The van der Waals surface area contributed by atoms with Crippen LogP contribution in [0.2, 0.25) is 0 Å². The number of hydrogen-bond donors (Lipinski definition) is 1. The van der Waals surface area contributed by atoms with Crippen LogP contribution in [0.3, 0.4) is 0 Å². The fraction of sp³-hybridized carbons (Fsp3) is 0.286. The second-order valence-electron chi connectivity index (χ2n) is 2.24. The van der Waals surface area contributed by atoms with Crippen molar-refractivity contribution >= 4 is 21.7 Å². The molecule has 72 valence electrons. The fourth-order valence-corrected chi connectivity index (χ4v) is 1.37. The van der Waals surface area contributed by atoms with Gasteiger partial charge in [0.15, 0.2) is 11.6 Å². The molecule has 6 heteroatoms. The standard InChI is InChI=1S/C7H7BrF2N2O/c1-13-5-4(6(9)10)3(8)2-12-7(5)11/h2,6H,1H3,(H2,11,12). The number of hydrogen-bond acceptors (Lipinski definition) is 3. The lowest BCUT2D eigenvalue weighted by Gasteiger charge is -2.10. The summed E-state index contributed by atoms with van der Waals surface area (Å²) < 4.78 is 29.8. The van der Waals surface area contributed by atoms with Gasteiger partial charge in [-0.05, 0) is 15.9 Å². The molecule has 0 aliphatic heterocycles. The maximum absolute atomic E-state index is 12.5. The van der Waals surface area contributed by atoms with Gasteiger partial charge in [0.25, 0.3) is 6.43 Å². The number of methoxy groups -OCH3 is 1. The van der Waals surface area contributed by atoms with E-state index < -0.39 is 6.43 Å². The highest BCUT2D eigenvalue weighted by Gasteiger charge is 2.20. The van der Waals surface area contributed by atoms with Gasteiger partial charge in [-0.3, -0.25) is 0 Å². The summed E-state index contributed by atoms with van der Waals surface area (Å²) in [4.78, 5) is 3.67. The first-order valence-electron chi connectivity index (χ1n) is 3.34. The Kier molecular flexibility index (Phi) is 3.02. The smallest absolute Gasteiger partial charge is 0.268 e. The van der Waals surface area contributed by atoms with Crippen molar-refractivity contribution in [2.45, 2.75) is 6.43 Å². The molecule has 0 unspecified atom stereocenters. The second-order valence-corrected chi connectivity index (χ2v) is 3.09. The molecule has 13 heavy (non-hydrogen) atoms. The Morgan fingerprint density at radius 3 is 2.62 bits per heavy atom. The molecule has 0 fully saturated rings. The van der Waals surface area contributed by atoms with Crippen LogP contribution in [-0.2, 0) is 0 Å². The Bertz CT molecular complexity index is 320.